The normalized spacial score (nSPS) is 19.3. The molecule has 0 fully saturated rings. The summed E-state index contributed by atoms with van der Waals surface area (Å²) in [5, 5.41) is 10.7. The maximum atomic E-state index is 14.6. The summed E-state index contributed by atoms with van der Waals surface area (Å²) < 4.78 is 21.5. The number of amides is 1. The zero-order valence-electron chi connectivity index (χ0n) is 19.0. The van der Waals surface area contributed by atoms with Crippen LogP contribution in [0.1, 0.15) is 53.0 Å². The average molecular weight is 482 g/mol. The van der Waals surface area contributed by atoms with E-state index in [4.69, 9.17) is 4.74 Å². The van der Waals surface area contributed by atoms with Crippen LogP contribution >= 0.6 is 11.8 Å². The van der Waals surface area contributed by atoms with Crippen LogP contribution in [0.4, 0.5) is 4.39 Å². The number of thioether (sulfide) groups is 1. The van der Waals surface area contributed by atoms with Crippen molar-refractivity contribution in [2.45, 2.75) is 42.5 Å². The molecular weight excluding hydrogens is 457 g/mol. The highest BCUT2D eigenvalue weighted by molar-refractivity contribution is 7.98. The Morgan fingerprint density at radius 1 is 1.18 bits per heavy atom. The monoisotopic (exact) mass is 481 g/mol. The number of halogens is 1. The number of carbonyl (C=O) groups is 1. The van der Waals surface area contributed by atoms with E-state index in [0.29, 0.717) is 5.75 Å². The highest BCUT2D eigenvalue weighted by Crippen LogP contribution is 2.48. The summed E-state index contributed by atoms with van der Waals surface area (Å²) in [6.07, 6.45) is 0. The number of methoxy groups -OCH3 is 1. The molecule has 9 heteroatoms. The molecule has 1 aromatic heterocycles. The van der Waals surface area contributed by atoms with Crippen LogP contribution in [0.3, 0.4) is 0 Å². The van der Waals surface area contributed by atoms with Crippen LogP contribution in [0.2, 0.25) is 0 Å². The summed E-state index contributed by atoms with van der Waals surface area (Å²) in [5.41, 5.74) is 1.79. The fourth-order valence-corrected chi connectivity index (χ4v) is 6.05. The minimum absolute atomic E-state index is 0.0631. The van der Waals surface area contributed by atoms with Gasteiger partial charge in [0.2, 0.25) is 5.75 Å². The molecule has 7 nitrogen and oxygen atoms in total. The minimum Gasteiger partial charge on any atom is -0.501 e. The molecule has 176 valence electrons. The molecule has 3 heterocycles. The van der Waals surface area contributed by atoms with Crippen molar-refractivity contribution >= 4 is 17.7 Å². The lowest BCUT2D eigenvalue weighted by atomic mass is 9.81. The number of nitrogens with zero attached hydrogens (tertiary/aromatic N) is 3. The molecule has 1 amide bonds. The Kier molecular flexibility index (Phi) is 5.59. The Balaban J connectivity index is 1.85. The zero-order chi connectivity index (χ0) is 24.1. The maximum Gasteiger partial charge on any atom is 0.318 e. The third-order valence-electron chi connectivity index (χ3n) is 6.52. The molecule has 0 saturated heterocycles. The van der Waals surface area contributed by atoms with Gasteiger partial charge in [0.15, 0.2) is 5.69 Å². The molecule has 0 spiro atoms. The smallest absolute Gasteiger partial charge is 0.318 e. The van der Waals surface area contributed by atoms with Gasteiger partial charge in [-0.3, -0.25) is 14.2 Å². The molecule has 0 bridgehead atoms. The fourth-order valence-electron chi connectivity index (χ4n) is 4.96. The van der Waals surface area contributed by atoms with Gasteiger partial charge in [-0.05, 0) is 48.7 Å². The molecule has 0 radical (unpaired) electrons. The van der Waals surface area contributed by atoms with Crippen molar-refractivity contribution in [2.24, 2.45) is 0 Å². The molecule has 0 aliphatic carbocycles. The number of benzene rings is 2. The Labute approximate surface area is 200 Å². The van der Waals surface area contributed by atoms with E-state index in [9.17, 15) is 19.1 Å². The van der Waals surface area contributed by atoms with Crippen LogP contribution in [-0.2, 0) is 5.75 Å². The molecule has 5 rings (SSSR count). The number of hydrogen-bond acceptors (Lipinski definition) is 6. The highest BCUT2D eigenvalue weighted by Gasteiger charge is 2.43. The molecule has 34 heavy (non-hydrogen) atoms. The van der Waals surface area contributed by atoms with Crippen molar-refractivity contribution in [3.05, 3.63) is 81.0 Å². The fraction of sp³-hybridized carbons (Fsp3) is 0.320. The van der Waals surface area contributed by atoms with Gasteiger partial charge in [0, 0.05) is 29.2 Å². The average Bonchev–Trinajstić information content (AvgIpc) is 2.97. The second-order valence-electron chi connectivity index (χ2n) is 8.74. The topological polar surface area (TPSA) is 84.7 Å². The second-order valence-corrected chi connectivity index (χ2v) is 9.75. The van der Waals surface area contributed by atoms with E-state index in [0.717, 1.165) is 21.6 Å². The van der Waals surface area contributed by atoms with Crippen LogP contribution in [-0.4, -0.2) is 45.2 Å². The van der Waals surface area contributed by atoms with E-state index in [1.54, 1.807) is 22.7 Å². The summed E-state index contributed by atoms with van der Waals surface area (Å²) in [6.45, 7) is 4.02. The number of carbonyl (C=O) groups excluding carboxylic acids is 1. The molecule has 2 aliphatic heterocycles. The number of aromatic hydroxyl groups is 1. The molecule has 2 atom stereocenters. The highest BCUT2D eigenvalue weighted by atomic mass is 32.2. The largest absolute Gasteiger partial charge is 0.501 e. The summed E-state index contributed by atoms with van der Waals surface area (Å²) >= 11 is 1.63. The van der Waals surface area contributed by atoms with Crippen molar-refractivity contribution in [1.82, 2.24) is 14.5 Å². The Morgan fingerprint density at radius 2 is 1.94 bits per heavy atom. The van der Waals surface area contributed by atoms with Gasteiger partial charge in [-0.15, -0.1) is 11.8 Å². The van der Waals surface area contributed by atoms with E-state index in [2.05, 4.69) is 4.98 Å². The lowest BCUT2D eigenvalue weighted by Crippen LogP contribution is -2.49. The third kappa shape index (κ3) is 3.46. The minimum atomic E-state index is -0.927. The Bertz CT molecular complexity index is 1360. The van der Waals surface area contributed by atoms with Gasteiger partial charge in [-0.1, -0.05) is 24.3 Å². The predicted molar refractivity (Wildman–Crippen MR) is 126 cm³/mol. The van der Waals surface area contributed by atoms with Crippen molar-refractivity contribution < 1.29 is 19.0 Å². The van der Waals surface area contributed by atoms with E-state index >= 15 is 0 Å². The van der Waals surface area contributed by atoms with E-state index in [-0.39, 0.29) is 36.0 Å². The summed E-state index contributed by atoms with van der Waals surface area (Å²) in [5.74, 6) is -1.22. The van der Waals surface area contributed by atoms with Crippen molar-refractivity contribution in [1.29, 1.82) is 0 Å². The third-order valence-corrected chi connectivity index (χ3v) is 7.66. The number of aromatic nitrogens is 2. The Hall–Kier alpha value is -3.33. The van der Waals surface area contributed by atoms with E-state index < -0.39 is 23.3 Å². The first-order valence-corrected chi connectivity index (χ1v) is 12.0. The van der Waals surface area contributed by atoms with Crippen LogP contribution in [0.25, 0.3) is 0 Å². The first kappa shape index (κ1) is 22.5. The van der Waals surface area contributed by atoms with E-state index in [1.807, 2.05) is 38.1 Å². The van der Waals surface area contributed by atoms with Crippen molar-refractivity contribution in [3.8, 4) is 11.8 Å². The summed E-state index contributed by atoms with van der Waals surface area (Å²) in [4.78, 5) is 32.2. The first-order valence-electron chi connectivity index (χ1n) is 11.0. The van der Waals surface area contributed by atoms with E-state index in [1.165, 1.54) is 23.8 Å². The van der Waals surface area contributed by atoms with Gasteiger partial charge < -0.3 is 14.7 Å². The number of hydrogen-bond donors (Lipinski definition) is 1. The lowest BCUT2D eigenvalue weighted by Gasteiger charge is -2.42. The molecule has 2 aliphatic rings. The van der Waals surface area contributed by atoms with Crippen LogP contribution in [0, 0.1) is 5.82 Å². The van der Waals surface area contributed by atoms with Gasteiger partial charge in [0.25, 0.3) is 5.91 Å². The van der Waals surface area contributed by atoms with Crippen LogP contribution < -0.4 is 10.3 Å². The Morgan fingerprint density at radius 3 is 2.68 bits per heavy atom. The number of rotatable bonds is 3. The maximum absolute atomic E-state index is 14.6. The van der Waals surface area contributed by atoms with Gasteiger partial charge in [-0.25, -0.2) is 4.39 Å². The summed E-state index contributed by atoms with van der Waals surface area (Å²) in [6, 6.07) is 12.0. The predicted octanol–water partition coefficient (Wildman–Crippen LogP) is 3.94. The second kappa shape index (κ2) is 8.47. The SMILES string of the molecule is COc1nc(=O)c(O)c2n1C(C1c3ccccc3CSc3ccc(F)cc31)CN(C(C)C)C2=O. The first-order chi connectivity index (χ1) is 16.3. The van der Waals surface area contributed by atoms with Gasteiger partial charge >= 0.3 is 11.6 Å². The van der Waals surface area contributed by atoms with Crippen LogP contribution in [0.15, 0.2) is 52.2 Å². The van der Waals surface area contributed by atoms with Crippen molar-refractivity contribution in [2.75, 3.05) is 13.7 Å². The number of fused-ring (bicyclic) bond motifs is 3. The lowest BCUT2D eigenvalue weighted by molar-refractivity contribution is 0.0572. The van der Waals surface area contributed by atoms with Gasteiger partial charge in [-0.2, -0.15) is 4.98 Å². The van der Waals surface area contributed by atoms with Crippen LogP contribution in [0.5, 0.6) is 11.8 Å². The molecule has 2 unspecified atom stereocenters. The number of ether oxygens (including phenoxy) is 1. The zero-order valence-corrected chi connectivity index (χ0v) is 19.8. The summed E-state index contributed by atoms with van der Waals surface area (Å²) in [7, 11) is 1.37. The van der Waals surface area contributed by atoms with Crippen molar-refractivity contribution in [3.63, 3.8) is 0 Å². The molecule has 0 saturated carbocycles. The molecule has 2 aromatic carbocycles. The van der Waals surface area contributed by atoms with Gasteiger partial charge in [0.1, 0.15) is 5.82 Å². The van der Waals surface area contributed by atoms with Gasteiger partial charge in [0.05, 0.1) is 13.2 Å². The quantitative estimate of drug-likeness (QED) is 0.610. The molecular formula is C25H24FN3O4S. The standard InChI is InChI=1S/C25H24FN3O4S/c1-13(2)28-11-18(29-21(24(28)32)22(30)23(31)27-25(29)33-3)20-16-7-5-4-6-14(16)12-34-19-9-8-15(26)10-17(19)20/h4-10,13,18,20,30H,11-12H2,1-3H3. The molecule has 3 aromatic rings. The molecule has 1 N–H and O–H groups in total.